The quantitative estimate of drug-likeness (QED) is 0.713. The van der Waals surface area contributed by atoms with E-state index in [0.717, 1.165) is 19.8 Å². The molecule has 0 bridgehead atoms. The van der Waals surface area contributed by atoms with Crippen LogP contribution in [0.3, 0.4) is 0 Å². The van der Waals surface area contributed by atoms with E-state index in [2.05, 4.69) is 19.2 Å². The molecule has 0 aromatic rings. The van der Waals surface area contributed by atoms with Crippen LogP contribution in [-0.2, 0) is 9.47 Å². The summed E-state index contributed by atoms with van der Waals surface area (Å²) < 4.78 is 11.1. The van der Waals surface area contributed by atoms with Gasteiger partial charge in [-0.15, -0.1) is 0 Å². The molecule has 3 nitrogen and oxygen atoms in total. The van der Waals surface area contributed by atoms with E-state index in [-0.39, 0.29) is 6.10 Å². The lowest BCUT2D eigenvalue weighted by Crippen LogP contribution is -2.48. The standard InChI is InChI=1S/C10H21NO2/c1-4-8(2)10(11-3)9-7-12-5-6-13-9/h8-11H,4-7H2,1-3H3. The number of nitrogens with one attached hydrogen (secondary N) is 1. The lowest BCUT2D eigenvalue weighted by molar-refractivity contribution is -0.107. The molecule has 1 aliphatic heterocycles. The summed E-state index contributed by atoms with van der Waals surface area (Å²) in [5.74, 6) is 0.636. The van der Waals surface area contributed by atoms with Crippen LogP contribution < -0.4 is 5.32 Å². The predicted octanol–water partition coefficient (Wildman–Crippen LogP) is 1.04. The lowest BCUT2D eigenvalue weighted by Gasteiger charge is -2.33. The molecule has 3 unspecified atom stereocenters. The van der Waals surface area contributed by atoms with E-state index in [9.17, 15) is 0 Å². The van der Waals surface area contributed by atoms with Gasteiger partial charge < -0.3 is 14.8 Å². The van der Waals surface area contributed by atoms with Gasteiger partial charge in [0.25, 0.3) is 0 Å². The molecule has 0 aliphatic carbocycles. The van der Waals surface area contributed by atoms with Crippen LogP contribution in [0.2, 0.25) is 0 Å². The molecular weight excluding hydrogens is 166 g/mol. The van der Waals surface area contributed by atoms with Gasteiger partial charge in [0.1, 0.15) is 0 Å². The van der Waals surface area contributed by atoms with E-state index in [1.165, 1.54) is 6.42 Å². The second kappa shape index (κ2) is 5.58. The molecule has 0 saturated carbocycles. The first-order valence-electron chi connectivity index (χ1n) is 5.16. The first-order chi connectivity index (χ1) is 6.29. The molecule has 0 spiro atoms. The summed E-state index contributed by atoms with van der Waals surface area (Å²) in [6.45, 7) is 6.67. The van der Waals surface area contributed by atoms with Crippen LogP contribution in [0.15, 0.2) is 0 Å². The normalized spacial score (nSPS) is 28.4. The van der Waals surface area contributed by atoms with Crippen LogP contribution in [0.4, 0.5) is 0 Å². The number of hydrogen-bond donors (Lipinski definition) is 1. The zero-order valence-corrected chi connectivity index (χ0v) is 8.88. The minimum atomic E-state index is 0.230. The van der Waals surface area contributed by atoms with Crippen molar-refractivity contribution in [3.63, 3.8) is 0 Å². The first-order valence-corrected chi connectivity index (χ1v) is 5.16. The van der Waals surface area contributed by atoms with Gasteiger partial charge in [0, 0.05) is 6.04 Å². The van der Waals surface area contributed by atoms with Crippen molar-refractivity contribution in [3.8, 4) is 0 Å². The van der Waals surface area contributed by atoms with Crippen molar-refractivity contribution < 1.29 is 9.47 Å². The maximum Gasteiger partial charge on any atom is 0.0964 e. The van der Waals surface area contributed by atoms with E-state index in [4.69, 9.17) is 9.47 Å². The molecule has 0 radical (unpaired) electrons. The molecule has 0 aromatic carbocycles. The average molecular weight is 187 g/mol. The van der Waals surface area contributed by atoms with E-state index in [1.54, 1.807) is 0 Å². The van der Waals surface area contributed by atoms with Crippen molar-refractivity contribution in [3.05, 3.63) is 0 Å². The Labute approximate surface area is 80.8 Å². The maximum absolute atomic E-state index is 5.67. The zero-order chi connectivity index (χ0) is 9.68. The minimum Gasteiger partial charge on any atom is -0.376 e. The summed E-state index contributed by atoms with van der Waals surface area (Å²) in [4.78, 5) is 0. The molecule has 1 N–H and O–H groups in total. The minimum absolute atomic E-state index is 0.230. The Balaban J connectivity index is 2.43. The van der Waals surface area contributed by atoms with Gasteiger partial charge in [-0.05, 0) is 13.0 Å². The Morgan fingerprint density at radius 1 is 1.46 bits per heavy atom. The van der Waals surface area contributed by atoms with Gasteiger partial charge in [-0.2, -0.15) is 0 Å². The highest BCUT2D eigenvalue weighted by Gasteiger charge is 2.27. The summed E-state index contributed by atoms with van der Waals surface area (Å²) in [6, 6.07) is 0.422. The number of rotatable bonds is 4. The summed E-state index contributed by atoms with van der Waals surface area (Å²) in [6.07, 6.45) is 1.40. The summed E-state index contributed by atoms with van der Waals surface area (Å²) in [7, 11) is 1.99. The van der Waals surface area contributed by atoms with Crippen molar-refractivity contribution >= 4 is 0 Å². The predicted molar refractivity (Wildman–Crippen MR) is 52.9 cm³/mol. The van der Waals surface area contributed by atoms with Crippen molar-refractivity contribution in [2.45, 2.75) is 32.4 Å². The molecule has 1 saturated heterocycles. The van der Waals surface area contributed by atoms with Gasteiger partial charge in [0.2, 0.25) is 0 Å². The van der Waals surface area contributed by atoms with Crippen molar-refractivity contribution in [2.75, 3.05) is 26.9 Å². The Kier molecular flexibility index (Phi) is 4.70. The van der Waals surface area contributed by atoms with Crippen LogP contribution in [0.1, 0.15) is 20.3 Å². The monoisotopic (exact) mass is 187 g/mol. The Bertz CT molecular complexity index is 135. The highest BCUT2D eigenvalue weighted by Crippen LogP contribution is 2.15. The summed E-state index contributed by atoms with van der Waals surface area (Å²) >= 11 is 0. The SMILES string of the molecule is CCC(C)C(NC)C1COCCO1. The third kappa shape index (κ3) is 2.93. The molecular formula is C10H21NO2. The van der Waals surface area contributed by atoms with Gasteiger partial charge in [-0.1, -0.05) is 20.3 Å². The largest absolute Gasteiger partial charge is 0.376 e. The molecule has 1 aliphatic rings. The van der Waals surface area contributed by atoms with E-state index >= 15 is 0 Å². The molecule has 1 fully saturated rings. The second-order valence-electron chi connectivity index (χ2n) is 3.68. The molecule has 13 heavy (non-hydrogen) atoms. The molecule has 78 valence electrons. The fraction of sp³-hybridized carbons (Fsp3) is 1.00. The van der Waals surface area contributed by atoms with Crippen LogP contribution in [-0.4, -0.2) is 39.0 Å². The van der Waals surface area contributed by atoms with Crippen LogP contribution in [0, 0.1) is 5.92 Å². The van der Waals surface area contributed by atoms with Crippen LogP contribution in [0.5, 0.6) is 0 Å². The van der Waals surface area contributed by atoms with Crippen LogP contribution >= 0.6 is 0 Å². The summed E-state index contributed by atoms with van der Waals surface area (Å²) in [5, 5.41) is 3.32. The highest BCUT2D eigenvalue weighted by atomic mass is 16.6. The molecule has 3 heteroatoms. The topological polar surface area (TPSA) is 30.5 Å². The van der Waals surface area contributed by atoms with Gasteiger partial charge in [0.05, 0.1) is 25.9 Å². The van der Waals surface area contributed by atoms with E-state index < -0.39 is 0 Å². The molecule has 3 atom stereocenters. The van der Waals surface area contributed by atoms with Crippen molar-refractivity contribution in [1.29, 1.82) is 0 Å². The van der Waals surface area contributed by atoms with Crippen molar-refractivity contribution in [2.24, 2.45) is 5.92 Å². The maximum atomic E-state index is 5.67. The zero-order valence-electron chi connectivity index (χ0n) is 8.88. The fourth-order valence-electron chi connectivity index (χ4n) is 1.80. The molecule has 1 rings (SSSR count). The van der Waals surface area contributed by atoms with E-state index in [0.29, 0.717) is 12.0 Å². The number of ether oxygens (including phenoxy) is 2. The lowest BCUT2D eigenvalue weighted by atomic mass is 9.94. The van der Waals surface area contributed by atoms with Crippen LogP contribution in [0.25, 0.3) is 0 Å². The second-order valence-corrected chi connectivity index (χ2v) is 3.68. The third-order valence-corrected chi connectivity index (χ3v) is 2.83. The van der Waals surface area contributed by atoms with Crippen molar-refractivity contribution in [1.82, 2.24) is 5.32 Å². The molecule has 0 aromatic heterocycles. The first kappa shape index (κ1) is 11.0. The van der Waals surface area contributed by atoms with E-state index in [1.807, 2.05) is 7.05 Å². The average Bonchev–Trinajstić information content (AvgIpc) is 2.20. The smallest absolute Gasteiger partial charge is 0.0964 e. The molecule has 0 amide bonds. The third-order valence-electron chi connectivity index (χ3n) is 2.83. The Morgan fingerprint density at radius 2 is 2.23 bits per heavy atom. The summed E-state index contributed by atoms with van der Waals surface area (Å²) in [5.41, 5.74) is 0. The number of likely N-dealkylation sites (N-methyl/N-ethyl adjacent to an activating group) is 1. The van der Waals surface area contributed by atoms with Gasteiger partial charge >= 0.3 is 0 Å². The highest BCUT2D eigenvalue weighted by molar-refractivity contribution is 4.81. The molecule has 1 heterocycles. The Hall–Kier alpha value is -0.120. The van der Waals surface area contributed by atoms with Gasteiger partial charge in [-0.25, -0.2) is 0 Å². The number of hydrogen-bond acceptors (Lipinski definition) is 3. The van der Waals surface area contributed by atoms with Gasteiger partial charge in [-0.3, -0.25) is 0 Å². The Morgan fingerprint density at radius 3 is 2.69 bits per heavy atom. The fourth-order valence-corrected chi connectivity index (χ4v) is 1.80. The van der Waals surface area contributed by atoms with Gasteiger partial charge in [0.15, 0.2) is 0 Å².